The fraction of sp³-hybridized carbons (Fsp3) is 0.500. The third-order valence-corrected chi connectivity index (χ3v) is 7.15. The summed E-state index contributed by atoms with van der Waals surface area (Å²) >= 11 is 0. The van der Waals surface area contributed by atoms with Gasteiger partial charge in [-0.25, -0.2) is 0 Å². The molecule has 0 aliphatic rings. The molecule has 0 amide bonds. The Kier molecular flexibility index (Phi) is 17.0. The van der Waals surface area contributed by atoms with Gasteiger partial charge in [0.15, 0.2) is 0 Å². The van der Waals surface area contributed by atoms with Crippen molar-refractivity contribution in [2.45, 2.75) is 119 Å². The summed E-state index contributed by atoms with van der Waals surface area (Å²) in [7, 11) is 0. The molecule has 0 aliphatic carbocycles. The summed E-state index contributed by atoms with van der Waals surface area (Å²) in [6, 6.07) is 15.5. The van der Waals surface area contributed by atoms with E-state index >= 15 is 0 Å². The van der Waals surface area contributed by atoms with Crippen LogP contribution in [0.2, 0.25) is 0 Å². The van der Waals surface area contributed by atoms with Crippen LogP contribution >= 0.6 is 0 Å². The van der Waals surface area contributed by atoms with Crippen LogP contribution in [0.4, 0.5) is 11.4 Å². The predicted molar refractivity (Wildman–Crippen MR) is 193 cm³/mol. The number of rotatable bonds is 4. The first-order chi connectivity index (χ1) is 21.0. The van der Waals surface area contributed by atoms with Crippen LogP contribution in [-0.2, 0) is 41.1 Å². The second-order valence-corrected chi connectivity index (χ2v) is 15.5. The molecule has 0 aromatic heterocycles. The normalized spacial score (nSPS) is 12.3. The molecule has 6 nitrogen and oxygen atoms in total. The number of aliphatic hydroxyl groups is 2. The maximum Gasteiger partial charge on any atom is 2.00 e. The van der Waals surface area contributed by atoms with Crippen molar-refractivity contribution in [2.75, 3.05) is 13.2 Å². The van der Waals surface area contributed by atoms with Gasteiger partial charge in [-0.3, -0.25) is 9.98 Å². The molecule has 2 N–H and O–H groups in total. The van der Waals surface area contributed by atoms with Crippen molar-refractivity contribution < 1.29 is 39.9 Å². The van der Waals surface area contributed by atoms with Crippen LogP contribution < -0.4 is 10.2 Å². The van der Waals surface area contributed by atoms with Gasteiger partial charge in [0.05, 0.1) is 11.4 Å². The summed E-state index contributed by atoms with van der Waals surface area (Å²) in [5.41, 5.74) is 5.36. The van der Waals surface area contributed by atoms with Crippen LogP contribution in [0.5, 0.6) is 11.5 Å². The topological polar surface area (TPSA) is 111 Å². The first kappa shape index (κ1) is 44.1. The molecule has 3 aromatic rings. The van der Waals surface area contributed by atoms with E-state index in [-0.39, 0.29) is 65.9 Å². The van der Waals surface area contributed by atoms with E-state index in [0.717, 1.165) is 22.3 Å². The number of hydrogen-bond acceptors (Lipinski definition) is 6. The van der Waals surface area contributed by atoms with Gasteiger partial charge >= 0.3 is 19.5 Å². The van der Waals surface area contributed by atoms with E-state index in [1.165, 1.54) is 0 Å². The Morgan fingerprint density at radius 2 is 0.830 bits per heavy atom. The zero-order chi connectivity index (χ0) is 35.7. The van der Waals surface area contributed by atoms with Crippen molar-refractivity contribution in [3.8, 4) is 11.5 Å². The van der Waals surface area contributed by atoms with Gasteiger partial charge in [-0.05, 0) is 81.0 Å². The standard InChI is InChI=1S/C36H48N2O2.2C2H6O.Zn/c1-33(2,3)25-17-23(31(39)27(19-25)35(7,8)9)21-37-29-15-13-14-16-30(29)38-22-24-18-26(34(4,5)6)20-28(32(24)40)36(10,11)12;2*1-2-3;/h13-22,39-40H,1-12H3;2*3H,2H2,1H3;/q;;;+2/p-2. The SMILES string of the molecule is CC(C)(C)c1cc(C=Nc2ccccc2N=Cc2cc(C(C)(C)C)cc(C(C)(C)C)c2[O-])c([O-])c(C(C)(C)C)c1.CCO.CCO.[Zn+2]. The minimum atomic E-state index is -0.285. The van der Waals surface area contributed by atoms with Crippen molar-refractivity contribution in [2.24, 2.45) is 9.98 Å². The van der Waals surface area contributed by atoms with Gasteiger partial charge in [0.2, 0.25) is 0 Å². The zero-order valence-electron chi connectivity index (χ0n) is 31.5. The summed E-state index contributed by atoms with van der Waals surface area (Å²) in [5.74, 6) is -0.00938. The number of aliphatic hydroxyl groups excluding tert-OH is 2. The number of nitrogens with zero attached hydrogens (tertiary/aromatic N) is 2. The molecule has 0 bridgehead atoms. The average Bonchev–Trinajstić information content (AvgIpc) is 2.90. The van der Waals surface area contributed by atoms with Crippen molar-refractivity contribution in [3.63, 3.8) is 0 Å². The molecule has 0 unspecified atom stereocenters. The number of benzene rings is 3. The Hall–Kier alpha value is -2.86. The van der Waals surface area contributed by atoms with Crippen LogP contribution in [0.25, 0.3) is 0 Å². The molecule has 0 atom stereocenters. The maximum atomic E-state index is 13.4. The van der Waals surface area contributed by atoms with Crippen LogP contribution in [-0.4, -0.2) is 35.9 Å². The molecular formula is C40H58N2O4Zn. The Bertz CT molecular complexity index is 1370. The summed E-state index contributed by atoms with van der Waals surface area (Å²) in [6.45, 7) is 29.1. The van der Waals surface area contributed by atoms with E-state index in [1.807, 2.05) is 48.5 Å². The molecule has 0 heterocycles. The number of hydrogen-bond donors (Lipinski definition) is 2. The Morgan fingerprint density at radius 1 is 0.553 bits per heavy atom. The third kappa shape index (κ3) is 13.3. The quantitative estimate of drug-likeness (QED) is 0.211. The third-order valence-electron chi connectivity index (χ3n) is 7.15. The Morgan fingerprint density at radius 3 is 1.06 bits per heavy atom. The van der Waals surface area contributed by atoms with Crippen LogP contribution in [0, 0.1) is 0 Å². The monoisotopic (exact) mass is 694 g/mol. The van der Waals surface area contributed by atoms with Gasteiger partial charge in [0.25, 0.3) is 0 Å². The zero-order valence-corrected chi connectivity index (χ0v) is 34.5. The predicted octanol–water partition coefficient (Wildman–Crippen LogP) is 8.52. The minimum Gasteiger partial charge on any atom is -0.872 e. The minimum absolute atomic E-state index is 0. The molecule has 3 rings (SSSR count). The Labute approximate surface area is 297 Å². The molecular weight excluding hydrogens is 638 g/mol. The van der Waals surface area contributed by atoms with E-state index in [2.05, 4.69) is 83.1 Å². The fourth-order valence-corrected chi connectivity index (χ4v) is 4.44. The summed E-state index contributed by atoms with van der Waals surface area (Å²) in [6.07, 6.45) is 3.30. The first-order valence-electron chi connectivity index (χ1n) is 16.1. The maximum absolute atomic E-state index is 13.4. The van der Waals surface area contributed by atoms with Gasteiger partial charge in [-0.2, -0.15) is 0 Å². The smallest absolute Gasteiger partial charge is 0.872 e. The van der Waals surface area contributed by atoms with E-state index in [0.29, 0.717) is 22.5 Å². The van der Waals surface area contributed by atoms with E-state index in [4.69, 9.17) is 20.2 Å². The molecule has 0 spiro atoms. The molecule has 0 fully saturated rings. The second kappa shape index (κ2) is 18.1. The van der Waals surface area contributed by atoms with Gasteiger partial charge in [-0.1, -0.05) is 131 Å². The van der Waals surface area contributed by atoms with Crippen molar-refractivity contribution in [1.82, 2.24) is 0 Å². The number of para-hydroxylation sites is 2. The summed E-state index contributed by atoms with van der Waals surface area (Å²) in [4.78, 5) is 9.43. The number of aliphatic imine (C=N–C) groups is 2. The van der Waals surface area contributed by atoms with Crippen molar-refractivity contribution in [3.05, 3.63) is 81.9 Å². The van der Waals surface area contributed by atoms with Gasteiger partial charge in [0.1, 0.15) is 0 Å². The molecule has 254 valence electrons. The molecule has 0 aliphatic heterocycles. The van der Waals surface area contributed by atoms with E-state index in [9.17, 15) is 10.2 Å². The van der Waals surface area contributed by atoms with Crippen LogP contribution in [0.15, 0.2) is 58.5 Å². The van der Waals surface area contributed by atoms with Crippen LogP contribution in [0.1, 0.15) is 130 Å². The van der Waals surface area contributed by atoms with Crippen molar-refractivity contribution in [1.29, 1.82) is 0 Å². The molecule has 0 radical (unpaired) electrons. The van der Waals surface area contributed by atoms with Gasteiger partial charge in [0, 0.05) is 25.6 Å². The second-order valence-electron chi connectivity index (χ2n) is 15.5. The van der Waals surface area contributed by atoms with E-state index < -0.39 is 0 Å². The molecule has 3 aromatic carbocycles. The van der Waals surface area contributed by atoms with Gasteiger partial charge in [-0.15, -0.1) is 0 Å². The Balaban J connectivity index is 0.00000280. The largest absolute Gasteiger partial charge is 2.00 e. The van der Waals surface area contributed by atoms with E-state index in [1.54, 1.807) is 26.3 Å². The summed E-state index contributed by atoms with van der Waals surface area (Å²) < 4.78 is 0. The first-order valence-corrected chi connectivity index (χ1v) is 16.1. The van der Waals surface area contributed by atoms with Gasteiger partial charge < -0.3 is 20.4 Å². The van der Waals surface area contributed by atoms with Crippen molar-refractivity contribution >= 4 is 23.8 Å². The van der Waals surface area contributed by atoms with Crippen LogP contribution in [0.3, 0.4) is 0 Å². The molecule has 47 heavy (non-hydrogen) atoms. The molecule has 0 saturated heterocycles. The fourth-order valence-electron chi connectivity index (χ4n) is 4.44. The molecule has 7 heteroatoms. The molecule has 0 saturated carbocycles. The average molecular weight is 696 g/mol. The summed E-state index contributed by atoms with van der Waals surface area (Å²) in [5, 5.41) is 42.0.